The van der Waals surface area contributed by atoms with Gasteiger partial charge in [-0.15, -0.1) is 0 Å². The predicted molar refractivity (Wildman–Crippen MR) is 91.9 cm³/mol. The zero-order valence-corrected chi connectivity index (χ0v) is 15.5. The average Bonchev–Trinajstić information content (AvgIpc) is 3.10. The van der Waals surface area contributed by atoms with Crippen LogP contribution in [0.15, 0.2) is 11.2 Å². The van der Waals surface area contributed by atoms with Crippen LogP contribution in [0.25, 0.3) is 0 Å². The van der Waals surface area contributed by atoms with Crippen molar-refractivity contribution in [3.63, 3.8) is 0 Å². The molecule has 0 saturated carbocycles. The van der Waals surface area contributed by atoms with Crippen LogP contribution in [0.3, 0.4) is 0 Å². The summed E-state index contributed by atoms with van der Waals surface area (Å²) in [6.45, 7) is 9.29. The minimum Gasteiger partial charge on any atom is -0.380 e. The normalized spacial score (nSPS) is 20.7. The topological polar surface area (TPSA) is 71.0 Å². The summed E-state index contributed by atoms with van der Waals surface area (Å²) in [4.78, 5) is 32.9. The number of rotatable bonds is 6. The maximum atomic E-state index is 13.0. The molecule has 1 aromatic heterocycles. The number of aromatic nitrogens is 2. The Balaban J connectivity index is 1.99. The molecule has 1 fully saturated rings. The van der Waals surface area contributed by atoms with Crippen molar-refractivity contribution < 1.29 is 18.9 Å². The van der Waals surface area contributed by atoms with Crippen molar-refractivity contribution in [2.24, 2.45) is 4.99 Å². The Morgan fingerprint density at radius 2 is 2.08 bits per heavy atom. The van der Waals surface area contributed by atoms with Crippen LogP contribution < -0.4 is 4.57 Å². The Kier molecular flexibility index (Phi) is 4.64. The van der Waals surface area contributed by atoms with Crippen LogP contribution in [-0.4, -0.2) is 58.9 Å². The maximum absolute atomic E-state index is 13.0. The number of ether oxygens (including phenoxy) is 1. The van der Waals surface area contributed by atoms with E-state index >= 15 is 0 Å². The molecular formula is C17H26N5O3+. The number of amides is 3. The Morgan fingerprint density at radius 1 is 1.36 bits per heavy atom. The van der Waals surface area contributed by atoms with Gasteiger partial charge in [-0.05, 0) is 27.2 Å². The first-order valence-corrected chi connectivity index (χ1v) is 8.80. The van der Waals surface area contributed by atoms with Crippen LogP contribution >= 0.6 is 0 Å². The first kappa shape index (κ1) is 17.6. The molecule has 8 nitrogen and oxygen atoms in total. The van der Waals surface area contributed by atoms with Crippen LogP contribution in [0.5, 0.6) is 0 Å². The number of fused-ring (bicyclic) bond motifs is 3. The SMILES string of the molecule is CCOCCN1C(=O)C2C(=Nc3n(C(C)CC)c(C)c[n+]32)N(C)C1=O. The lowest BCUT2D eigenvalue weighted by Crippen LogP contribution is -2.63. The van der Waals surface area contributed by atoms with Crippen molar-refractivity contribution in [2.45, 2.75) is 46.2 Å². The van der Waals surface area contributed by atoms with Gasteiger partial charge in [-0.25, -0.2) is 13.9 Å². The standard InChI is InChI=1S/C17H26N5O3/c1-6-11(3)22-12(4)10-21-13-14(18-16(21)22)19(5)17(24)20(15(13)23)8-9-25-7-2/h10-11,13H,6-9H2,1-5H3/q+1. The average molecular weight is 348 g/mol. The summed E-state index contributed by atoms with van der Waals surface area (Å²) in [6.07, 6.45) is 2.91. The van der Waals surface area contributed by atoms with E-state index in [4.69, 9.17) is 4.74 Å². The van der Waals surface area contributed by atoms with Crippen molar-refractivity contribution in [1.82, 2.24) is 14.4 Å². The van der Waals surface area contributed by atoms with Gasteiger partial charge in [-0.3, -0.25) is 14.6 Å². The number of aryl methyl sites for hydroxylation is 1. The van der Waals surface area contributed by atoms with Gasteiger partial charge in [0.05, 0.1) is 19.2 Å². The lowest BCUT2D eigenvalue weighted by Gasteiger charge is -2.32. The predicted octanol–water partition coefficient (Wildman–Crippen LogP) is 1.57. The van der Waals surface area contributed by atoms with Gasteiger partial charge >= 0.3 is 12.0 Å². The molecule has 0 spiro atoms. The molecule has 0 bridgehead atoms. The molecule has 0 aliphatic carbocycles. The smallest absolute Gasteiger partial charge is 0.380 e. The second kappa shape index (κ2) is 6.59. The van der Waals surface area contributed by atoms with E-state index in [2.05, 4.69) is 23.4 Å². The molecule has 2 aliphatic rings. The first-order chi connectivity index (χ1) is 11.9. The number of imide groups is 1. The molecule has 1 saturated heterocycles. The number of hydrogen-bond donors (Lipinski definition) is 0. The number of carbonyl (C=O) groups excluding carboxylic acids is 2. The van der Waals surface area contributed by atoms with Crippen molar-refractivity contribution in [3.8, 4) is 0 Å². The van der Waals surface area contributed by atoms with Crippen molar-refractivity contribution in [2.75, 3.05) is 26.8 Å². The third kappa shape index (κ3) is 2.64. The molecule has 25 heavy (non-hydrogen) atoms. The number of hydrogen-bond acceptors (Lipinski definition) is 4. The minimum atomic E-state index is -0.580. The van der Waals surface area contributed by atoms with Crippen LogP contribution in [0, 0.1) is 6.92 Å². The van der Waals surface area contributed by atoms with Gasteiger partial charge in [0.15, 0.2) is 0 Å². The van der Waals surface area contributed by atoms with E-state index in [-0.39, 0.29) is 24.5 Å². The molecule has 1 aromatic rings. The third-order valence-electron chi connectivity index (χ3n) is 4.95. The highest BCUT2D eigenvalue weighted by atomic mass is 16.5. The van der Waals surface area contributed by atoms with Gasteiger partial charge in [-0.1, -0.05) is 11.9 Å². The van der Waals surface area contributed by atoms with Crippen LogP contribution in [0.1, 0.15) is 45.0 Å². The fourth-order valence-electron chi connectivity index (χ4n) is 3.44. The molecule has 0 N–H and O–H groups in total. The monoisotopic (exact) mass is 348 g/mol. The Morgan fingerprint density at radius 3 is 2.72 bits per heavy atom. The molecule has 0 aromatic carbocycles. The maximum Gasteiger partial charge on any atom is 0.402 e. The van der Waals surface area contributed by atoms with E-state index in [9.17, 15) is 9.59 Å². The Labute approximate surface area is 147 Å². The number of imidazole rings is 1. The highest BCUT2D eigenvalue weighted by Gasteiger charge is 2.53. The third-order valence-corrected chi connectivity index (χ3v) is 4.95. The van der Waals surface area contributed by atoms with Gasteiger partial charge < -0.3 is 4.74 Å². The van der Waals surface area contributed by atoms with Gasteiger partial charge in [0, 0.05) is 13.7 Å². The second-order valence-corrected chi connectivity index (χ2v) is 6.51. The van der Waals surface area contributed by atoms with Crippen molar-refractivity contribution >= 4 is 23.7 Å². The molecule has 8 heteroatoms. The summed E-state index contributed by atoms with van der Waals surface area (Å²) in [5.74, 6) is 0.979. The number of carbonyl (C=O) groups is 2. The lowest BCUT2D eigenvalue weighted by atomic mass is 10.1. The van der Waals surface area contributed by atoms with Gasteiger partial charge in [0.25, 0.3) is 5.91 Å². The van der Waals surface area contributed by atoms with E-state index in [0.717, 1.165) is 18.1 Å². The first-order valence-electron chi connectivity index (χ1n) is 8.80. The zero-order valence-electron chi connectivity index (χ0n) is 15.5. The second-order valence-electron chi connectivity index (χ2n) is 6.51. The van der Waals surface area contributed by atoms with Crippen LogP contribution in [0.2, 0.25) is 0 Å². The van der Waals surface area contributed by atoms with Crippen LogP contribution in [0.4, 0.5) is 10.7 Å². The largest absolute Gasteiger partial charge is 0.402 e. The van der Waals surface area contributed by atoms with E-state index < -0.39 is 6.04 Å². The van der Waals surface area contributed by atoms with Gasteiger partial charge in [0.1, 0.15) is 11.9 Å². The Hall–Kier alpha value is -2.22. The molecule has 0 radical (unpaired) electrons. The van der Waals surface area contributed by atoms with E-state index in [0.29, 0.717) is 19.0 Å². The fraction of sp³-hybridized carbons (Fsp3) is 0.647. The quantitative estimate of drug-likeness (QED) is 0.579. The molecule has 2 aliphatic heterocycles. The fourth-order valence-corrected chi connectivity index (χ4v) is 3.44. The molecule has 3 rings (SSSR count). The van der Waals surface area contributed by atoms with E-state index in [1.807, 2.05) is 24.6 Å². The molecular weight excluding hydrogens is 322 g/mol. The number of aliphatic imine (C=N–C) groups is 1. The zero-order chi connectivity index (χ0) is 18.3. The number of likely N-dealkylation sites (N-methyl/N-ethyl adjacent to an activating group) is 1. The summed E-state index contributed by atoms with van der Waals surface area (Å²) in [7, 11) is 1.67. The molecule has 3 heterocycles. The summed E-state index contributed by atoms with van der Waals surface area (Å²) in [6, 6.07) is -0.661. The summed E-state index contributed by atoms with van der Waals surface area (Å²) < 4.78 is 9.32. The molecule has 136 valence electrons. The highest BCUT2D eigenvalue weighted by molar-refractivity contribution is 6.19. The lowest BCUT2D eigenvalue weighted by molar-refractivity contribution is -0.677. The molecule has 2 unspecified atom stereocenters. The van der Waals surface area contributed by atoms with Gasteiger partial charge in [-0.2, -0.15) is 0 Å². The summed E-state index contributed by atoms with van der Waals surface area (Å²) in [5.41, 5.74) is 1.06. The number of urea groups is 1. The minimum absolute atomic E-state index is 0.244. The molecule has 3 amide bonds. The number of amidine groups is 1. The van der Waals surface area contributed by atoms with E-state index in [1.54, 1.807) is 7.05 Å². The summed E-state index contributed by atoms with van der Waals surface area (Å²) in [5, 5.41) is 0. The van der Waals surface area contributed by atoms with Crippen molar-refractivity contribution in [1.29, 1.82) is 0 Å². The van der Waals surface area contributed by atoms with Crippen molar-refractivity contribution in [3.05, 3.63) is 11.9 Å². The molecule has 2 atom stereocenters. The number of nitrogens with zero attached hydrogens (tertiary/aromatic N) is 5. The van der Waals surface area contributed by atoms with Crippen LogP contribution in [-0.2, 0) is 9.53 Å². The van der Waals surface area contributed by atoms with E-state index in [1.165, 1.54) is 9.80 Å². The highest BCUT2D eigenvalue weighted by Crippen LogP contribution is 2.31. The summed E-state index contributed by atoms with van der Waals surface area (Å²) >= 11 is 0. The van der Waals surface area contributed by atoms with Gasteiger partial charge in [0.2, 0.25) is 11.9 Å². The Bertz CT molecular complexity index is 739.